The Morgan fingerprint density at radius 1 is 1.33 bits per heavy atom. The second-order valence-corrected chi connectivity index (χ2v) is 3.97. The van der Waals surface area contributed by atoms with Crippen LogP contribution in [0, 0.1) is 13.8 Å². The topological polar surface area (TPSA) is 40.5 Å². The van der Waals surface area contributed by atoms with Crippen molar-refractivity contribution in [3.63, 3.8) is 0 Å². The van der Waals surface area contributed by atoms with Gasteiger partial charge in [-0.15, -0.1) is 0 Å². The maximum Gasteiger partial charge on any atom is 0.412 e. The number of nitrogens with zero attached hydrogens (tertiary/aromatic N) is 1. The van der Waals surface area contributed by atoms with E-state index < -0.39 is 6.09 Å². The second-order valence-electron chi connectivity index (χ2n) is 3.97. The molecule has 0 saturated carbocycles. The lowest BCUT2D eigenvalue weighted by atomic mass is 10.1. The van der Waals surface area contributed by atoms with Crippen LogP contribution in [0.15, 0.2) is 18.2 Å². The quantitative estimate of drug-likeness (QED) is 0.809. The number of carboxylic acid groups (broad SMARTS) is 1. The third-order valence-corrected chi connectivity index (χ3v) is 2.56. The molecule has 0 aromatic heterocycles. The van der Waals surface area contributed by atoms with Crippen LogP contribution in [0.3, 0.4) is 0 Å². The van der Waals surface area contributed by atoms with Gasteiger partial charge in [0, 0.05) is 6.04 Å². The zero-order chi connectivity index (χ0) is 11.6. The minimum atomic E-state index is -0.904. The largest absolute Gasteiger partial charge is 0.465 e. The van der Waals surface area contributed by atoms with Crippen LogP contribution in [0.25, 0.3) is 0 Å². The van der Waals surface area contributed by atoms with Crippen LogP contribution in [0.4, 0.5) is 10.5 Å². The third kappa shape index (κ3) is 2.29. The summed E-state index contributed by atoms with van der Waals surface area (Å²) in [5, 5.41) is 9.14. The summed E-state index contributed by atoms with van der Waals surface area (Å²) in [6.07, 6.45) is -0.904. The monoisotopic (exact) mass is 207 g/mol. The second kappa shape index (κ2) is 4.34. The van der Waals surface area contributed by atoms with E-state index in [1.54, 1.807) is 0 Å². The molecule has 15 heavy (non-hydrogen) atoms. The molecule has 1 aromatic carbocycles. The summed E-state index contributed by atoms with van der Waals surface area (Å²) in [7, 11) is 0. The van der Waals surface area contributed by atoms with Gasteiger partial charge in [0.15, 0.2) is 0 Å². The van der Waals surface area contributed by atoms with Gasteiger partial charge in [0.2, 0.25) is 0 Å². The zero-order valence-corrected chi connectivity index (χ0v) is 9.61. The zero-order valence-electron chi connectivity index (χ0n) is 9.61. The number of benzene rings is 1. The first kappa shape index (κ1) is 11.6. The minimum Gasteiger partial charge on any atom is -0.465 e. The highest BCUT2D eigenvalue weighted by Gasteiger charge is 2.19. The predicted octanol–water partition coefficient (Wildman–Crippen LogP) is 3.20. The lowest BCUT2D eigenvalue weighted by Crippen LogP contribution is -2.36. The van der Waals surface area contributed by atoms with E-state index in [-0.39, 0.29) is 6.04 Å². The van der Waals surface area contributed by atoms with Gasteiger partial charge in [0.05, 0.1) is 5.69 Å². The van der Waals surface area contributed by atoms with Crippen LogP contribution in [-0.2, 0) is 0 Å². The van der Waals surface area contributed by atoms with E-state index in [1.165, 1.54) is 4.90 Å². The molecule has 0 unspecified atom stereocenters. The third-order valence-electron chi connectivity index (χ3n) is 2.56. The summed E-state index contributed by atoms with van der Waals surface area (Å²) in [6, 6.07) is 5.66. The maximum atomic E-state index is 11.1. The molecule has 0 bridgehead atoms. The number of amides is 1. The molecular formula is C12H17NO2. The van der Waals surface area contributed by atoms with E-state index in [4.69, 9.17) is 5.11 Å². The molecule has 0 fully saturated rings. The van der Waals surface area contributed by atoms with Crippen molar-refractivity contribution in [3.05, 3.63) is 29.3 Å². The molecule has 1 rings (SSSR count). The van der Waals surface area contributed by atoms with Crippen LogP contribution in [0.1, 0.15) is 25.0 Å². The van der Waals surface area contributed by atoms with Crippen molar-refractivity contribution in [2.24, 2.45) is 0 Å². The fourth-order valence-electron chi connectivity index (χ4n) is 1.60. The van der Waals surface area contributed by atoms with Crippen molar-refractivity contribution >= 4 is 11.8 Å². The Labute approximate surface area is 90.3 Å². The van der Waals surface area contributed by atoms with Crippen molar-refractivity contribution in [3.8, 4) is 0 Å². The predicted molar refractivity (Wildman–Crippen MR) is 61.6 cm³/mol. The molecule has 0 saturated heterocycles. The van der Waals surface area contributed by atoms with E-state index in [1.807, 2.05) is 45.9 Å². The molecular weight excluding hydrogens is 190 g/mol. The normalized spacial score (nSPS) is 10.5. The van der Waals surface area contributed by atoms with Crippen molar-refractivity contribution in [2.45, 2.75) is 33.7 Å². The summed E-state index contributed by atoms with van der Waals surface area (Å²) in [4.78, 5) is 12.5. The molecule has 1 aromatic rings. The van der Waals surface area contributed by atoms with Gasteiger partial charge < -0.3 is 5.11 Å². The molecule has 0 aliphatic heterocycles. The van der Waals surface area contributed by atoms with Gasteiger partial charge in [0.25, 0.3) is 0 Å². The SMILES string of the molecule is Cc1cccc(N(C(=O)O)C(C)C)c1C. The van der Waals surface area contributed by atoms with Crippen molar-refractivity contribution in [1.29, 1.82) is 0 Å². The van der Waals surface area contributed by atoms with Gasteiger partial charge in [-0.1, -0.05) is 12.1 Å². The van der Waals surface area contributed by atoms with Gasteiger partial charge in [-0.25, -0.2) is 4.79 Å². The Morgan fingerprint density at radius 2 is 1.93 bits per heavy atom. The van der Waals surface area contributed by atoms with E-state index >= 15 is 0 Å². The fraction of sp³-hybridized carbons (Fsp3) is 0.417. The Kier molecular flexibility index (Phi) is 3.35. The molecule has 1 amide bonds. The average Bonchev–Trinajstić information content (AvgIpc) is 2.11. The molecule has 0 aliphatic rings. The lowest BCUT2D eigenvalue weighted by Gasteiger charge is -2.25. The van der Waals surface area contributed by atoms with E-state index in [0.717, 1.165) is 16.8 Å². The van der Waals surface area contributed by atoms with Gasteiger partial charge in [-0.05, 0) is 44.9 Å². The standard InChI is InChI=1S/C12H17NO2/c1-8(2)13(12(14)15)11-7-5-6-9(3)10(11)4/h5-8H,1-4H3,(H,14,15). The fourth-order valence-corrected chi connectivity index (χ4v) is 1.60. The number of aryl methyl sites for hydroxylation is 1. The van der Waals surface area contributed by atoms with Crippen LogP contribution >= 0.6 is 0 Å². The van der Waals surface area contributed by atoms with Gasteiger partial charge in [-0.3, -0.25) is 4.90 Å². The van der Waals surface area contributed by atoms with Gasteiger partial charge in [-0.2, -0.15) is 0 Å². The molecule has 0 atom stereocenters. The molecule has 0 spiro atoms. The number of hydrogen-bond donors (Lipinski definition) is 1. The Balaban J connectivity index is 3.23. The molecule has 0 heterocycles. The maximum absolute atomic E-state index is 11.1. The highest BCUT2D eigenvalue weighted by molar-refractivity contribution is 5.87. The van der Waals surface area contributed by atoms with Crippen molar-refractivity contribution < 1.29 is 9.90 Å². The van der Waals surface area contributed by atoms with Crippen LogP contribution in [0.2, 0.25) is 0 Å². The molecule has 3 nitrogen and oxygen atoms in total. The number of hydrogen-bond acceptors (Lipinski definition) is 1. The summed E-state index contributed by atoms with van der Waals surface area (Å²) in [5.74, 6) is 0. The number of anilines is 1. The Bertz CT molecular complexity index is 372. The smallest absolute Gasteiger partial charge is 0.412 e. The van der Waals surface area contributed by atoms with Crippen LogP contribution < -0.4 is 4.90 Å². The first-order chi connectivity index (χ1) is 6.95. The molecule has 1 N–H and O–H groups in total. The Hall–Kier alpha value is -1.51. The average molecular weight is 207 g/mol. The molecule has 82 valence electrons. The van der Waals surface area contributed by atoms with Crippen molar-refractivity contribution in [2.75, 3.05) is 4.90 Å². The number of rotatable bonds is 2. The van der Waals surface area contributed by atoms with Crippen molar-refractivity contribution in [1.82, 2.24) is 0 Å². The molecule has 3 heteroatoms. The van der Waals surface area contributed by atoms with Gasteiger partial charge >= 0.3 is 6.09 Å². The lowest BCUT2D eigenvalue weighted by molar-refractivity contribution is 0.200. The summed E-state index contributed by atoms with van der Waals surface area (Å²) < 4.78 is 0. The summed E-state index contributed by atoms with van der Waals surface area (Å²) >= 11 is 0. The highest BCUT2D eigenvalue weighted by Crippen LogP contribution is 2.24. The van der Waals surface area contributed by atoms with E-state index in [9.17, 15) is 4.79 Å². The van der Waals surface area contributed by atoms with E-state index in [2.05, 4.69) is 0 Å². The summed E-state index contributed by atoms with van der Waals surface area (Å²) in [5.41, 5.74) is 2.91. The minimum absolute atomic E-state index is 0.0528. The van der Waals surface area contributed by atoms with Crippen LogP contribution in [-0.4, -0.2) is 17.2 Å². The van der Waals surface area contributed by atoms with Gasteiger partial charge in [0.1, 0.15) is 0 Å². The van der Waals surface area contributed by atoms with E-state index in [0.29, 0.717) is 0 Å². The summed E-state index contributed by atoms with van der Waals surface area (Å²) in [6.45, 7) is 7.67. The number of carbonyl (C=O) groups is 1. The molecule has 0 aliphatic carbocycles. The first-order valence-electron chi connectivity index (χ1n) is 5.03. The Morgan fingerprint density at radius 3 is 2.40 bits per heavy atom. The first-order valence-corrected chi connectivity index (χ1v) is 5.03. The molecule has 0 radical (unpaired) electrons. The van der Waals surface area contributed by atoms with Crippen LogP contribution in [0.5, 0.6) is 0 Å². The highest BCUT2D eigenvalue weighted by atomic mass is 16.4.